The second-order valence-corrected chi connectivity index (χ2v) is 5.93. The lowest BCUT2D eigenvalue weighted by molar-refractivity contribution is 0.280. The smallest absolute Gasteiger partial charge is 0.0564 e. The number of anilines is 1. The lowest BCUT2D eigenvalue weighted by atomic mass is 9.82. The molecule has 1 fully saturated rings. The van der Waals surface area contributed by atoms with Gasteiger partial charge in [-0.05, 0) is 40.3 Å². The van der Waals surface area contributed by atoms with Crippen LogP contribution in [0.3, 0.4) is 0 Å². The highest BCUT2D eigenvalue weighted by Gasteiger charge is 2.25. The highest BCUT2D eigenvalue weighted by atomic mass is 79.9. The maximum absolute atomic E-state index is 4.21. The van der Waals surface area contributed by atoms with Crippen molar-refractivity contribution in [2.45, 2.75) is 26.7 Å². The molecular formula is C12H17BrN2. The summed E-state index contributed by atoms with van der Waals surface area (Å²) in [5.74, 6) is 0. The van der Waals surface area contributed by atoms with Crippen LogP contribution in [0, 0.1) is 5.41 Å². The Morgan fingerprint density at radius 1 is 1.27 bits per heavy atom. The Morgan fingerprint density at radius 3 is 2.53 bits per heavy atom. The summed E-state index contributed by atoms with van der Waals surface area (Å²) in [5.41, 5.74) is 1.75. The van der Waals surface area contributed by atoms with E-state index >= 15 is 0 Å². The standard InChI is InChI=1S/C12H17BrN2/c1-12(2)3-5-15(6-4-12)11-7-10(13)8-14-9-11/h7-9H,3-6H2,1-2H3. The highest BCUT2D eigenvalue weighted by Crippen LogP contribution is 2.32. The molecular weight excluding hydrogens is 252 g/mol. The average Bonchev–Trinajstić information content (AvgIpc) is 2.17. The third-order valence-electron chi connectivity index (χ3n) is 3.17. The minimum absolute atomic E-state index is 0.510. The van der Waals surface area contributed by atoms with E-state index in [4.69, 9.17) is 0 Å². The van der Waals surface area contributed by atoms with Gasteiger partial charge in [0.1, 0.15) is 0 Å². The zero-order chi connectivity index (χ0) is 10.9. The molecule has 2 nitrogen and oxygen atoms in total. The molecule has 1 saturated heterocycles. The molecule has 0 aromatic carbocycles. The maximum Gasteiger partial charge on any atom is 0.0564 e. The molecule has 1 aliphatic heterocycles. The average molecular weight is 269 g/mol. The van der Waals surface area contributed by atoms with Crippen LogP contribution in [0.5, 0.6) is 0 Å². The van der Waals surface area contributed by atoms with Crippen LogP contribution in [0.2, 0.25) is 0 Å². The van der Waals surface area contributed by atoms with E-state index in [1.807, 2.05) is 12.4 Å². The molecule has 0 N–H and O–H groups in total. The summed E-state index contributed by atoms with van der Waals surface area (Å²) in [5, 5.41) is 0. The van der Waals surface area contributed by atoms with Crippen molar-refractivity contribution in [3.8, 4) is 0 Å². The fraction of sp³-hybridized carbons (Fsp3) is 0.583. The fourth-order valence-electron chi connectivity index (χ4n) is 1.94. The maximum atomic E-state index is 4.21. The van der Waals surface area contributed by atoms with Crippen molar-refractivity contribution in [1.29, 1.82) is 0 Å². The summed E-state index contributed by atoms with van der Waals surface area (Å²) in [7, 11) is 0. The van der Waals surface area contributed by atoms with E-state index in [-0.39, 0.29) is 0 Å². The molecule has 3 heteroatoms. The monoisotopic (exact) mass is 268 g/mol. The summed E-state index contributed by atoms with van der Waals surface area (Å²) >= 11 is 3.46. The van der Waals surface area contributed by atoms with Gasteiger partial charge in [-0.3, -0.25) is 4.98 Å². The number of hydrogen-bond donors (Lipinski definition) is 0. The molecule has 1 aliphatic rings. The summed E-state index contributed by atoms with van der Waals surface area (Å²) < 4.78 is 1.06. The number of pyridine rings is 1. The zero-order valence-electron chi connectivity index (χ0n) is 9.33. The Labute approximate surface area is 99.8 Å². The number of piperidine rings is 1. The second-order valence-electron chi connectivity index (χ2n) is 5.01. The predicted molar refractivity (Wildman–Crippen MR) is 67.2 cm³/mol. The van der Waals surface area contributed by atoms with E-state index in [0.717, 1.165) is 17.6 Å². The SMILES string of the molecule is CC1(C)CCN(c2cncc(Br)c2)CC1. The second kappa shape index (κ2) is 4.12. The van der Waals surface area contributed by atoms with Gasteiger partial charge in [0, 0.05) is 23.8 Å². The predicted octanol–water partition coefficient (Wildman–Crippen LogP) is 3.47. The van der Waals surface area contributed by atoms with Crippen LogP contribution in [-0.4, -0.2) is 18.1 Å². The molecule has 0 saturated carbocycles. The number of aromatic nitrogens is 1. The van der Waals surface area contributed by atoms with E-state index in [2.05, 4.69) is 45.7 Å². The summed E-state index contributed by atoms with van der Waals surface area (Å²) in [6, 6.07) is 2.14. The van der Waals surface area contributed by atoms with Crippen molar-refractivity contribution in [3.63, 3.8) is 0 Å². The van der Waals surface area contributed by atoms with Gasteiger partial charge in [-0.25, -0.2) is 0 Å². The minimum Gasteiger partial charge on any atom is -0.370 e. The van der Waals surface area contributed by atoms with Gasteiger partial charge < -0.3 is 4.90 Å². The minimum atomic E-state index is 0.510. The summed E-state index contributed by atoms with van der Waals surface area (Å²) in [6.07, 6.45) is 6.31. The summed E-state index contributed by atoms with van der Waals surface area (Å²) in [4.78, 5) is 6.63. The first-order valence-corrected chi connectivity index (χ1v) is 6.22. The molecule has 1 aromatic rings. The molecule has 0 bridgehead atoms. The van der Waals surface area contributed by atoms with Crippen molar-refractivity contribution in [2.75, 3.05) is 18.0 Å². The van der Waals surface area contributed by atoms with Gasteiger partial charge in [-0.1, -0.05) is 13.8 Å². The fourth-order valence-corrected chi connectivity index (χ4v) is 2.30. The molecule has 82 valence electrons. The van der Waals surface area contributed by atoms with Crippen molar-refractivity contribution < 1.29 is 0 Å². The molecule has 0 amide bonds. The van der Waals surface area contributed by atoms with Crippen LogP contribution in [0.1, 0.15) is 26.7 Å². The number of rotatable bonds is 1. The van der Waals surface area contributed by atoms with Gasteiger partial charge in [-0.2, -0.15) is 0 Å². The van der Waals surface area contributed by atoms with Gasteiger partial charge in [0.15, 0.2) is 0 Å². The zero-order valence-corrected chi connectivity index (χ0v) is 10.9. The molecule has 0 aliphatic carbocycles. The lowest BCUT2D eigenvalue weighted by Crippen LogP contribution is -2.37. The van der Waals surface area contributed by atoms with E-state index < -0.39 is 0 Å². The third kappa shape index (κ3) is 2.71. The van der Waals surface area contributed by atoms with Crippen LogP contribution >= 0.6 is 15.9 Å². The van der Waals surface area contributed by atoms with Gasteiger partial charge in [0.2, 0.25) is 0 Å². The lowest BCUT2D eigenvalue weighted by Gasteiger charge is -2.38. The van der Waals surface area contributed by atoms with Gasteiger partial charge in [0.25, 0.3) is 0 Å². The van der Waals surface area contributed by atoms with Crippen LogP contribution in [0.25, 0.3) is 0 Å². The van der Waals surface area contributed by atoms with E-state index in [1.54, 1.807) is 0 Å². The van der Waals surface area contributed by atoms with Crippen molar-refractivity contribution in [3.05, 3.63) is 22.9 Å². The number of hydrogen-bond acceptors (Lipinski definition) is 2. The van der Waals surface area contributed by atoms with Crippen LogP contribution in [-0.2, 0) is 0 Å². The first-order valence-electron chi connectivity index (χ1n) is 5.42. The molecule has 0 spiro atoms. The van der Waals surface area contributed by atoms with E-state index in [9.17, 15) is 0 Å². The largest absolute Gasteiger partial charge is 0.370 e. The Hall–Kier alpha value is -0.570. The molecule has 0 unspecified atom stereocenters. The van der Waals surface area contributed by atoms with Crippen molar-refractivity contribution in [1.82, 2.24) is 4.98 Å². The van der Waals surface area contributed by atoms with Crippen LogP contribution in [0.4, 0.5) is 5.69 Å². The molecule has 1 aromatic heterocycles. The Kier molecular flexibility index (Phi) is 3.01. The quantitative estimate of drug-likeness (QED) is 0.776. The summed E-state index contributed by atoms with van der Waals surface area (Å²) in [6.45, 7) is 6.99. The molecule has 2 heterocycles. The van der Waals surface area contributed by atoms with Gasteiger partial charge in [-0.15, -0.1) is 0 Å². The third-order valence-corrected chi connectivity index (χ3v) is 3.61. The van der Waals surface area contributed by atoms with Crippen LogP contribution in [0.15, 0.2) is 22.9 Å². The normalized spacial score (nSPS) is 20.3. The highest BCUT2D eigenvalue weighted by molar-refractivity contribution is 9.10. The molecule has 0 atom stereocenters. The molecule has 15 heavy (non-hydrogen) atoms. The van der Waals surface area contributed by atoms with Gasteiger partial charge in [0.05, 0.1) is 11.9 Å². The first kappa shape index (κ1) is 10.9. The van der Waals surface area contributed by atoms with Gasteiger partial charge >= 0.3 is 0 Å². The Morgan fingerprint density at radius 2 is 1.93 bits per heavy atom. The Balaban J connectivity index is 2.08. The number of nitrogens with zero attached hydrogens (tertiary/aromatic N) is 2. The van der Waals surface area contributed by atoms with E-state index in [0.29, 0.717) is 5.41 Å². The topological polar surface area (TPSA) is 16.1 Å². The molecule has 0 radical (unpaired) electrons. The first-order chi connectivity index (χ1) is 7.07. The van der Waals surface area contributed by atoms with Crippen molar-refractivity contribution in [2.24, 2.45) is 5.41 Å². The number of halogens is 1. The molecule has 2 rings (SSSR count). The Bertz CT molecular complexity index is 339. The van der Waals surface area contributed by atoms with Crippen molar-refractivity contribution >= 4 is 21.6 Å². The van der Waals surface area contributed by atoms with Crippen LogP contribution < -0.4 is 4.90 Å². The van der Waals surface area contributed by atoms with E-state index in [1.165, 1.54) is 18.5 Å².